The van der Waals surface area contributed by atoms with Gasteiger partial charge in [-0.05, 0) is 24.0 Å². The predicted octanol–water partition coefficient (Wildman–Crippen LogP) is 1.61. The van der Waals surface area contributed by atoms with Gasteiger partial charge in [-0.1, -0.05) is 17.7 Å². The van der Waals surface area contributed by atoms with Gasteiger partial charge < -0.3 is 5.32 Å². The van der Waals surface area contributed by atoms with E-state index in [4.69, 9.17) is 11.6 Å². The Labute approximate surface area is 137 Å². The molecule has 0 atom stereocenters. The first-order valence-electron chi connectivity index (χ1n) is 6.56. The summed E-state index contributed by atoms with van der Waals surface area (Å²) in [7, 11) is 2.97. The molecule has 9 heteroatoms. The van der Waals surface area contributed by atoms with Gasteiger partial charge in [-0.25, -0.2) is 19.2 Å². The molecule has 1 amide bonds. The Morgan fingerprint density at radius 3 is 2.65 bits per heavy atom. The molecule has 0 saturated carbocycles. The minimum atomic E-state index is -1.28. The molecule has 0 spiro atoms. The molecule has 2 aromatic rings. The van der Waals surface area contributed by atoms with E-state index in [1.54, 1.807) is 14.0 Å². The van der Waals surface area contributed by atoms with Crippen LogP contribution in [-0.2, 0) is 4.84 Å². The largest absolute Gasteiger partial charge is 0.338 e. The van der Waals surface area contributed by atoms with Crippen LogP contribution >= 0.6 is 11.6 Å². The fourth-order valence-corrected chi connectivity index (χ4v) is 2.20. The smallest absolute Gasteiger partial charge is 0.277 e. The molecule has 0 unspecified atom stereocenters. The number of nitrogens with one attached hydrogen (secondary N) is 2. The van der Waals surface area contributed by atoms with Crippen LogP contribution in [0.5, 0.6) is 0 Å². The van der Waals surface area contributed by atoms with Crippen molar-refractivity contribution in [3.8, 4) is 0 Å². The number of pyridine rings is 1. The van der Waals surface area contributed by atoms with Crippen LogP contribution in [0.4, 0.5) is 20.3 Å². The number of hydrogen-bond acceptors (Lipinski definition) is 4. The Morgan fingerprint density at radius 1 is 1.35 bits per heavy atom. The Balaban J connectivity index is 2.55. The molecule has 5 nitrogen and oxygen atoms in total. The standard InChI is InChI=1S/C14H13BClF2N3O2/c1-6-3-8(15)13(19-5-6)20-12-7(14(22)21-23-2)4-9(16)10(17)11(12)18/h3-5H,15H2,1-2H3,(H,19,20)(H,21,22). The number of halogens is 3. The maximum atomic E-state index is 14.2. The molecule has 0 saturated heterocycles. The zero-order valence-electron chi connectivity index (χ0n) is 12.6. The van der Waals surface area contributed by atoms with E-state index in [0.29, 0.717) is 11.3 Å². The third-order valence-electron chi connectivity index (χ3n) is 3.06. The topological polar surface area (TPSA) is 63.2 Å². The number of hydroxylamine groups is 1. The number of carbonyl (C=O) groups excluding carboxylic acids is 1. The lowest BCUT2D eigenvalue weighted by atomic mass is 9.95. The first kappa shape index (κ1) is 17.2. The predicted molar refractivity (Wildman–Crippen MR) is 86.3 cm³/mol. The highest BCUT2D eigenvalue weighted by atomic mass is 35.5. The van der Waals surface area contributed by atoms with Crippen LogP contribution < -0.4 is 16.3 Å². The first-order valence-corrected chi connectivity index (χ1v) is 6.94. The molecule has 2 N–H and O–H groups in total. The van der Waals surface area contributed by atoms with Gasteiger partial charge in [0.25, 0.3) is 5.91 Å². The van der Waals surface area contributed by atoms with E-state index < -0.39 is 22.6 Å². The molecule has 1 aromatic heterocycles. The van der Waals surface area contributed by atoms with Gasteiger partial charge in [0.1, 0.15) is 13.7 Å². The quantitative estimate of drug-likeness (QED) is 0.505. The number of amides is 1. The number of rotatable bonds is 4. The van der Waals surface area contributed by atoms with E-state index in [1.807, 2.05) is 18.5 Å². The van der Waals surface area contributed by atoms with Crippen molar-refractivity contribution in [1.82, 2.24) is 10.5 Å². The summed E-state index contributed by atoms with van der Waals surface area (Å²) in [6.07, 6.45) is 1.56. The number of carbonyl (C=O) groups is 1. The maximum Gasteiger partial charge on any atom is 0.277 e. The summed E-state index contributed by atoms with van der Waals surface area (Å²) in [6, 6.07) is 2.83. The molecule has 1 aromatic carbocycles. The number of benzene rings is 1. The lowest BCUT2D eigenvalue weighted by molar-refractivity contribution is 0.0538. The average molecular weight is 340 g/mol. The zero-order chi connectivity index (χ0) is 17.1. The van der Waals surface area contributed by atoms with Crippen molar-refractivity contribution < 1.29 is 18.4 Å². The van der Waals surface area contributed by atoms with Gasteiger partial charge in [-0.15, -0.1) is 0 Å². The van der Waals surface area contributed by atoms with Gasteiger partial charge in [0, 0.05) is 6.20 Å². The van der Waals surface area contributed by atoms with Crippen LogP contribution in [0.2, 0.25) is 5.02 Å². The molecule has 0 aliphatic heterocycles. The Hall–Kier alpha value is -2.19. The molecule has 0 fully saturated rings. The summed E-state index contributed by atoms with van der Waals surface area (Å²) in [4.78, 5) is 20.6. The van der Waals surface area contributed by atoms with E-state index in [2.05, 4.69) is 15.1 Å². The summed E-state index contributed by atoms with van der Waals surface area (Å²) in [5, 5.41) is 2.13. The Kier molecular flexibility index (Phi) is 5.17. The highest BCUT2D eigenvalue weighted by Crippen LogP contribution is 2.30. The second-order valence-electron chi connectivity index (χ2n) is 4.85. The summed E-state index contributed by atoms with van der Waals surface area (Å²) < 4.78 is 28.0. The van der Waals surface area contributed by atoms with Crippen LogP contribution in [0.15, 0.2) is 18.3 Å². The summed E-state index contributed by atoms with van der Waals surface area (Å²) in [5.41, 5.74) is 3.07. The van der Waals surface area contributed by atoms with Crippen molar-refractivity contribution >= 4 is 42.3 Å². The van der Waals surface area contributed by atoms with E-state index in [-0.39, 0.29) is 11.3 Å². The van der Waals surface area contributed by atoms with Crippen LogP contribution in [0.1, 0.15) is 15.9 Å². The van der Waals surface area contributed by atoms with Crippen LogP contribution in [-0.4, -0.2) is 25.8 Å². The van der Waals surface area contributed by atoms with Crippen molar-refractivity contribution in [3.63, 3.8) is 0 Å². The number of aryl methyl sites for hydroxylation is 1. The van der Waals surface area contributed by atoms with Gasteiger partial charge in [0.05, 0.1) is 23.4 Å². The molecule has 120 valence electrons. The Morgan fingerprint density at radius 2 is 2.04 bits per heavy atom. The molecule has 0 radical (unpaired) electrons. The first-order chi connectivity index (χ1) is 10.8. The lowest BCUT2D eigenvalue weighted by Crippen LogP contribution is -2.24. The summed E-state index contributed by atoms with van der Waals surface area (Å²) >= 11 is 5.61. The molecule has 0 aliphatic rings. The van der Waals surface area contributed by atoms with Crippen LogP contribution in [0, 0.1) is 18.6 Å². The number of anilines is 2. The van der Waals surface area contributed by atoms with E-state index in [1.165, 1.54) is 7.11 Å². The molecule has 1 heterocycles. The third kappa shape index (κ3) is 3.60. The minimum absolute atomic E-state index is 0.211. The van der Waals surface area contributed by atoms with Crippen molar-refractivity contribution in [2.24, 2.45) is 0 Å². The van der Waals surface area contributed by atoms with Gasteiger partial charge >= 0.3 is 0 Å². The van der Waals surface area contributed by atoms with Gasteiger partial charge in [0.15, 0.2) is 11.6 Å². The van der Waals surface area contributed by atoms with Crippen molar-refractivity contribution in [1.29, 1.82) is 0 Å². The summed E-state index contributed by atoms with van der Waals surface area (Å²) in [6.45, 7) is 1.85. The number of aromatic nitrogens is 1. The monoisotopic (exact) mass is 339 g/mol. The zero-order valence-corrected chi connectivity index (χ0v) is 13.4. The minimum Gasteiger partial charge on any atom is -0.338 e. The van der Waals surface area contributed by atoms with Gasteiger partial charge in [-0.3, -0.25) is 9.63 Å². The van der Waals surface area contributed by atoms with Crippen LogP contribution in [0.25, 0.3) is 0 Å². The fraction of sp³-hybridized carbons (Fsp3) is 0.143. The fourth-order valence-electron chi connectivity index (χ4n) is 2.01. The second kappa shape index (κ2) is 6.93. The van der Waals surface area contributed by atoms with E-state index >= 15 is 0 Å². The van der Waals surface area contributed by atoms with Crippen LogP contribution in [0.3, 0.4) is 0 Å². The highest BCUT2D eigenvalue weighted by molar-refractivity contribution is 6.35. The average Bonchev–Trinajstić information content (AvgIpc) is 2.50. The number of nitrogens with zero attached hydrogens (tertiary/aromatic N) is 1. The SMILES string of the molecule is Bc1cc(C)cnc1Nc1c(C(=O)NOC)cc(Cl)c(F)c1F. The molecule has 0 aliphatic carbocycles. The van der Waals surface area contributed by atoms with E-state index in [0.717, 1.165) is 11.6 Å². The van der Waals surface area contributed by atoms with E-state index in [9.17, 15) is 13.6 Å². The van der Waals surface area contributed by atoms with Crippen molar-refractivity contribution in [2.75, 3.05) is 12.4 Å². The van der Waals surface area contributed by atoms with Crippen molar-refractivity contribution in [3.05, 3.63) is 46.1 Å². The Bertz CT molecular complexity index is 774. The van der Waals surface area contributed by atoms with Gasteiger partial charge in [-0.2, -0.15) is 0 Å². The molecule has 2 rings (SSSR count). The molecular weight excluding hydrogens is 326 g/mol. The highest BCUT2D eigenvalue weighted by Gasteiger charge is 2.23. The second-order valence-corrected chi connectivity index (χ2v) is 5.25. The molecular formula is C14H13BClF2N3O2. The normalized spacial score (nSPS) is 10.5. The summed E-state index contributed by atoms with van der Waals surface area (Å²) in [5.74, 6) is -3.02. The van der Waals surface area contributed by atoms with Crippen molar-refractivity contribution in [2.45, 2.75) is 6.92 Å². The number of hydrogen-bond donors (Lipinski definition) is 2. The molecule has 0 bridgehead atoms. The third-order valence-corrected chi connectivity index (χ3v) is 3.34. The maximum absolute atomic E-state index is 14.2. The van der Waals surface area contributed by atoms with Gasteiger partial charge in [0.2, 0.25) is 0 Å². The molecule has 23 heavy (non-hydrogen) atoms. The lowest BCUT2D eigenvalue weighted by Gasteiger charge is -2.15.